The van der Waals surface area contributed by atoms with Crippen LogP contribution in [0.2, 0.25) is 0 Å². The van der Waals surface area contributed by atoms with Gasteiger partial charge in [-0.1, -0.05) is 0 Å². The minimum atomic E-state index is 0.248. The zero-order chi connectivity index (χ0) is 15.4. The quantitative estimate of drug-likeness (QED) is 0.848. The summed E-state index contributed by atoms with van der Waals surface area (Å²) >= 11 is 1.72. The first kappa shape index (κ1) is 15.1. The lowest BCUT2D eigenvalue weighted by molar-refractivity contribution is -0.132. The minimum Gasteiger partial charge on any atom is -0.342 e. The number of piperidine rings is 1. The van der Waals surface area contributed by atoms with Crippen LogP contribution in [-0.2, 0) is 11.3 Å². The van der Waals surface area contributed by atoms with Crippen molar-refractivity contribution in [2.75, 3.05) is 13.1 Å². The minimum absolute atomic E-state index is 0.248. The van der Waals surface area contributed by atoms with Crippen molar-refractivity contribution in [3.8, 4) is 0 Å². The van der Waals surface area contributed by atoms with Crippen LogP contribution in [0.4, 0.5) is 0 Å². The van der Waals surface area contributed by atoms with Gasteiger partial charge in [-0.05, 0) is 26.2 Å². The molecule has 3 rings (SSSR count). The number of hydrogen-bond donors (Lipinski definition) is 0. The van der Waals surface area contributed by atoms with E-state index in [1.807, 2.05) is 11.8 Å². The molecule has 1 saturated heterocycles. The maximum Gasteiger partial charge on any atom is 0.222 e. The summed E-state index contributed by atoms with van der Waals surface area (Å²) in [6.45, 7) is 4.46. The molecular weight excluding hydrogens is 298 g/mol. The van der Waals surface area contributed by atoms with E-state index in [1.54, 1.807) is 22.3 Å². The van der Waals surface area contributed by atoms with Gasteiger partial charge in [-0.15, -0.1) is 11.3 Å². The number of nitrogens with zero attached hydrogens (tertiary/aromatic N) is 5. The molecule has 1 aliphatic rings. The Morgan fingerprint density at radius 3 is 3.14 bits per heavy atom. The third-order valence-electron chi connectivity index (χ3n) is 4.00. The van der Waals surface area contributed by atoms with Gasteiger partial charge in [0, 0.05) is 43.0 Å². The Kier molecular flexibility index (Phi) is 4.82. The van der Waals surface area contributed by atoms with Gasteiger partial charge < -0.3 is 4.90 Å². The van der Waals surface area contributed by atoms with E-state index in [4.69, 9.17) is 0 Å². The smallest absolute Gasteiger partial charge is 0.222 e. The number of amides is 1. The van der Waals surface area contributed by atoms with Crippen LogP contribution < -0.4 is 0 Å². The standard InChI is InChI=1S/C15H21N5OS/c1-12-9-22-15(18-12)13-4-2-6-19(8-13)14(21)5-3-7-20-11-16-10-17-20/h9-11,13H,2-8H2,1H3. The summed E-state index contributed by atoms with van der Waals surface area (Å²) in [6.07, 6.45) is 6.79. The van der Waals surface area contributed by atoms with Crippen LogP contribution in [0, 0.1) is 6.92 Å². The second kappa shape index (κ2) is 7.00. The molecule has 1 fully saturated rings. The van der Waals surface area contributed by atoms with Crippen molar-refractivity contribution in [3.05, 3.63) is 28.7 Å². The first-order valence-corrected chi connectivity index (χ1v) is 8.62. The normalized spacial score (nSPS) is 18.6. The van der Waals surface area contributed by atoms with Crippen LogP contribution in [0.3, 0.4) is 0 Å². The number of aryl methyl sites for hydroxylation is 2. The van der Waals surface area contributed by atoms with E-state index in [1.165, 1.54) is 11.3 Å². The molecule has 2 aromatic heterocycles. The number of hydrogen-bond acceptors (Lipinski definition) is 5. The van der Waals surface area contributed by atoms with Gasteiger partial charge in [0.1, 0.15) is 12.7 Å². The topological polar surface area (TPSA) is 63.9 Å². The zero-order valence-corrected chi connectivity index (χ0v) is 13.6. The molecule has 1 amide bonds. The van der Waals surface area contributed by atoms with Gasteiger partial charge in [-0.25, -0.2) is 9.97 Å². The Labute approximate surface area is 134 Å². The molecule has 0 aromatic carbocycles. The molecule has 0 spiro atoms. The monoisotopic (exact) mass is 319 g/mol. The van der Waals surface area contributed by atoms with Crippen LogP contribution in [0.15, 0.2) is 18.0 Å². The third kappa shape index (κ3) is 3.71. The van der Waals surface area contributed by atoms with E-state index in [0.29, 0.717) is 12.3 Å². The Morgan fingerprint density at radius 2 is 2.41 bits per heavy atom. The zero-order valence-electron chi connectivity index (χ0n) is 12.8. The molecule has 1 unspecified atom stereocenters. The van der Waals surface area contributed by atoms with Gasteiger partial charge in [-0.2, -0.15) is 5.10 Å². The lowest BCUT2D eigenvalue weighted by Gasteiger charge is -2.32. The average molecular weight is 319 g/mol. The van der Waals surface area contributed by atoms with Gasteiger partial charge >= 0.3 is 0 Å². The first-order valence-electron chi connectivity index (χ1n) is 7.74. The maximum absolute atomic E-state index is 12.4. The first-order chi connectivity index (χ1) is 10.7. The summed E-state index contributed by atoms with van der Waals surface area (Å²) in [4.78, 5) is 22.9. The van der Waals surface area contributed by atoms with Crippen LogP contribution in [0.1, 0.15) is 42.3 Å². The highest BCUT2D eigenvalue weighted by Crippen LogP contribution is 2.29. The summed E-state index contributed by atoms with van der Waals surface area (Å²) in [5.41, 5.74) is 1.08. The summed E-state index contributed by atoms with van der Waals surface area (Å²) in [5, 5.41) is 7.32. The second-order valence-electron chi connectivity index (χ2n) is 5.77. The fourth-order valence-corrected chi connectivity index (χ4v) is 3.79. The average Bonchev–Trinajstić information content (AvgIpc) is 3.19. The van der Waals surface area contributed by atoms with Crippen molar-refractivity contribution in [3.63, 3.8) is 0 Å². The summed E-state index contributed by atoms with van der Waals surface area (Å²) in [7, 11) is 0. The summed E-state index contributed by atoms with van der Waals surface area (Å²) in [6, 6.07) is 0. The fourth-order valence-electron chi connectivity index (χ4n) is 2.86. The molecule has 0 bridgehead atoms. The van der Waals surface area contributed by atoms with Gasteiger partial charge in [0.2, 0.25) is 5.91 Å². The number of rotatable bonds is 5. The molecule has 22 heavy (non-hydrogen) atoms. The van der Waals surface area contributed by atoms with Crippen molar-refractivity contribution >= 4 is 17.2 Å². The molecule has 0 saturated carbocycles. The Hall–Kier alpha value is -1.76. The molecule has 0 aliphatic carbocycles. The molecule has 3 heterocycles. The van der Waals surface area contributed by atoms with E-state index in [9.17, 15) is 4.79 Å². The molecule has 1 atom stereocenters. The molecular formula is C15H21N5OS. The number of carbonyl (C=O) groups excluding carboxylic acids is 1. The number of carbonyl (C=O) groups is 1. The van der Waals surface area contributed by atoms with Crippen molar-refractivity contribution in [1.29, 1.82) is 0 Å². The lowest BCUT2D eigenvalue weighted by Crippen LogP contribution is -2.39. The van der Waals surface area contributed by atoms with Crippen LogP contribution in [0.25, 0.3) is 0 Å². The van der Waals surface area contributed by atoms with Crippen LogP contribution in [-0.4, -0.2) is 43.6 Å². The van der Waals surface area contributed by atoms with Crippen molar-refractivity contribution in [2.45, 2.75) is 45.1 Å². The largest absolute Gasteiger partial charge is 0.342 e. The summed E-state index contributed by atoms with van der Waals surface area (Å²) < 4.78 is 1.77. The van der Waals surface area contributed by atoms with Gasteiger partial charge in [0.05, 0.1) is 5.01 Å². The van der Waals surface area contributed by atoms with E-state index in [0.717, 1.165) is 44.6 Å². The molecule has 118 valence electrons. The van der Waals surface area contributed by atoms with Crippen LogP contribution in [0.5, 0.6) is 0 Å². The number of aromatic nitrogens is 4. The molecule has 6 nitrogen and oxygen atoms in total. The molecule has 2 aromatic rings. The van der Waals surface area contributed by atoms with Crippen molar-refractivity contribution in [1.82, 2.24) is 24.6 Å². The van der Waals surface area contributed by atoms with Crippen molar-refractivity contribution < 1.29 is 4.79 Å². The lowest BCUT2D eigenvalue weighted by atomic mass is 9.98. The molecule has 0 radical (unpaired) electrons. The van der Waals surface area contributed by atoms with Gasteiger partial charge in [0.25, 0.3) is 0 Å². The van der Waals surface area contributed by atoms with Crippen molar-refractivity contribution in [2.24, 2.45) is 0 Å². The van der Waals surface area contributed by atoms with E-state index in [2.05, 4.69) is 20.4 Å². The van der Waals surface area contributed by atoms with E-state index in [-0.39, 0.29) is 5.91 Å². The third-order valence-corrected chi connectivity index (χ3v) is 5.13. The molecule has 1 aliphatic heterocycles. The second-order valence-corrected chi connectivity index (χ2v) is 6.66. The molecule has 7 heteroatoms. The predicted octanol–water partition coefficient (Wildman–Crippen LogP) is 2.23. The van der Waals surface area contributed by atoms with Gasteiger partial charge in [0.15, 0.2) is 0 Å². The highest BCUT2D eigenvalue weighted by atomic mass is 32.1. The van der Waals surface area contributed by atoms with E-state index < -0.39 is 0 Å². The summed E-state index contributed by atoms with van der Waals surface area (Å²) in [5.74, 6) is 0.657. The Morgan fingerprint density at radius 1 is 1.50 bits per heavy atom. The highest BCUT2D eigenvalue weighted by Gasteiger charge is 2.26. The van der Waals surface area contributed by atoms with Gasteiger partial charge in [-0.3, -0.25) is 9.48 Å². The fraction of sp³-hybridized carbons (Fsp3) is 0.600. The number of likely N-dealkylation sites (tertiary alicyclic amines) is 1. The Bertz CT molecular complexity index is 609. The van der Waals surface area contributed by atoms with E-state index >= 15 is 0 Å². The SMILES string of the molecule is Cc1csc(C2CCCN(C(=O)CCCn3cncn3)C2)n1. The molecule has 0 N–H and O–H groups in total. The van der Waals surface area contributed by atoms with Crippen LogP contribution >= 0.6 is 11.3 Å². The highest BCUT2D eigenvalue weighted by molar-refractivity contribution is 7.09. The number of thiazole rings is 1. The maximum atomic E-state index is 12.4. The predicted molar refractivity (Wildman–Crippen MR) is 84.7 cm³/mol. The Balaban J connectivity index is 1.49.